The van der Waals surface area contributed by atoms with Crippen molar-refractivity contribution >= 4 is 17.0 Å². The van der Waals surface area contributed by atoms with Gasteiger partial charge in [0, 0.05) is 12.1 Å². The lowest BCUT2D eigenvalue weighted by Crippen LogP contribution is -2.34. The summed E-state index contributed by atoms with van der Waals surface area (Å²) in [4.78, 5) is 0. The highest BCUT2D eigenvalue weighted by Crippen LogP contribution is 2.24. The van der Waals surface area contributed by atoms with Crippen LogP contribution >= 0.6 is 17.0 Å². The van der Waals surface area contributed by atoms with Crippen LogP contribution in [0.5, 0.6) is 0 Å². The van der Waals surface area contributed by atoms with Crippen molar-refractivity contribution in [3.05, 3.63) is 35.9 Å². The van der Waals surface area contributed by atoms with Crippen molar-refractivity contribution in [2.45, 2.75) is 38.3 Å². The second-order valence-corrected chi connectivity index (χ2v) is 3.96. The van der Waals surface area contributed by atoms with Crippen LogP contribution in [0.4, 0.5) is 0 Å². The summed E-state index contributed by atoms with van der Waals surface area (Å²) in [5.41, 5.74) is 1.44. The van der Waals surface area contributed by atoms with Crippen LogP contribution in [-0.4, -0.2) is 6.04 Å². The fourth-order valence-electron chi connectivity index (χ4n) is 2.09. The van der Waals surface area contributed by atoms with E-state index < -0.39 is 0 Å². The standard InChI is InChI=1S/C12H17N.BrH/c1-10-6-5-9-12(13-10)11-7-3-2-4-8-11;/h2-4,7-8,10,12-13H,5-6,9H2,1H3;1H. The Kier molecular flexibility index (Phi) is 4.63. The second-order valence-electron chi connectivity index (χ2n) is 3.96. The maximum absolute atomic E-state index is 3.63. The second kappa shape index (κ2) is 5.52. The minimum atomic E-state index is 0. The van der Waals surface area contributed by atoms with Crippen molar-refractivity contribution in [3.63, 3.8) is 0 Å². The third-order valence-electron chi connectivity index (χ3n) is 2.82. The van der Waals surface area contributed by atoms with E-state index >= 15 is 0 Å². The molecule has 1 aromatic rings. The number of hydrogen-bond acceptors (Lipinski definition) is 1. The lowest BCUT2D eigenvalue weighted by atomic mass is 9.94. The van der Waals surface area contributed by atoms with E-state index in [2.05, 4.69) is 42.6 Å². The fraction of sp³-hybridized carbons (Fsp3) is 0.500. The van der Waals surface area contributed by atoms with Crippen LogP contribution in [0.15, 0.2) is 30.3 Å². The molecule has 0 aliphatic carbocycles. The first-order valence-corrected chi connectivity index (χ1v) is 5.17. The van der Waals surface area contributed by atoms with Crippen LogP contribution in [0.1, 0.15) is 37.8 Å². The average Bonchev–Trinajstić information content (AvgIpc) is 2.19. The zero-order valence-electron chi connectivity index (χ0n) is 8.57. The largest absolute Gasteiger partial charge is 0.307 e. The van der Waals surface area contributed by atoms with Gasteiger partial charge in [-0.05, 0) is 25.3 Å². The van der Waals surface area contributed by atoms with Gasteiger partial charge in [0.1, 0.15) is 0 Å². The summed E-state index contributed by atoms with van der Waals surface area (Å²) < 4.78 is 0. The van der Waals surface area contributed by atoms with Gasteiger partial charge in [-0.25, -0.2) is 0 Å². The normalized spacial score (nSPS) is 26.6. The molecule has 2 heteroatoms. The van der Waals surface area contributed by atoms with Gasteiger partial charge in [-0.2, -0.15) is 0 Å². The monoisotopic (exact) mass is 255 g/mol. The first-order chi connectivity index (χ1) is 6.36. The topological polar surface area (TPSA) is 12.0 Å². The molecule has 14 heavy (non-hydrogen) atoms. The molecular weight excluding hydrogens is 238 g/mol. The highest BCUT2D eigenvalue weighted by Gasteiger charge is 2.18. The molecule has 2 atom stereocenters. The average molecular weight is 256 g/mol. The smallest absolute Gasteiger partial charge is 0.0322 e. The highest BCUT2D eigenvalue weighted by atomic mass is 79.9. The Balaban J connectivity index is 0.000000980. The molecule has 1 N–H and O–H groups in total. The summed E-state index contributed by atoms with van der Waals surface area (Å²) >= 11 is 0. The molecule has 1 heterocycles. The predicted octanol–water partition coefficient (Wildman–Crippen LogP) is 3.47. The molecule has 0 saturated carbocycles. The van der Waals surface area contributed by atoms with E-state index in [0.717, 1.165) is 0 Å². The molecule has 1 saturated heterocycles. The maximum Gasteiger partial charge on any atom is 0.0322 e. The maximum atomic E-state index is 3.63. The Morgan fingerprint density at radius 3 is 2.50 bits per heavy atom. The Bertz CT molecular complexity index is 260. The van der Waals surface area contributed by atoms with E-state index in [0.29, 0.717) is 12.1 Å². The summed E-state index contributed by atoms with van der Waals surface area (Å²) in [7, 11) is 0. The van der Waals surface area contributed by atoms with Crippen molar-refractivity contribution < 1.29 is 0 Å². The van der Waals surface area contributed by atoms with Crippen molar-refractivity contribution in [1.29, 1.82) is 0 Å². The predicted molar refractivity (Wildman–Crippen MR) is 66.0 cm³/mol. The van der Waals surface area contributed by atoms with Gasteiger partial charge in [0.2, 0.25) is 0 Å². The van der Waals surface area contributed by atoms with Crippen molar-refractivity contribution in [3.8, 4) is 0 Å². The summed E-state index contributed by atoms with van der Waals surface area (Å²) in [5, 5.41) is 3.63. The molecule has 1 fully saturated rings. The SMILES string of the molecule is Br.CC1CCCC(c2ccccc2)N1. The first-order valence-electron chi connectivity index (χ1n) is 5.17. The molecule has 1 aliphatic heterocycles. The summed E-state index contributed by atoms with van der Waals surface area (Å²) in [6.07, 6.45) is 3.96. The summed E-state index contributed by atoms with van der Waals surface area (Å²) in [6, 6.07) is 12.0. The first kappa shape index (κ1) is 11.7. The number of hydrogen-bond donors (Lipinski definition) is 1. The highest BCUT2D eigenvalue weighted by molar-refractivity contribution is 8.93. The van der Waals surface area contributed by atoms with E-state index in [1.807, 2.05) is 0 Å². The van der Waals surface area contributed by atoms with Crippen LogP contribution in [0.3, 0.4) is 0 Å². The van der Waals surface area contributed by atoms with Crippen LogP contribution in [0.2, 0.25) is 0 Å². The third kappa shape index (κ3) is 2.82. The van der Waals surface area contributed by atoms with E-state index in [1.165, 1.54) is 24.8 Å². The van der Waals surface area contributed by atoms with E-state index in [4.69, 9.17) is 0 Å². The van der Waals surface area contributed by atoms with Crippen LogP contribution in [0, 0.1) is 0 Å². The van der Waals surface area contributed by atoms with Gasteiger partial charge < -0.3 is 5.32 Å². The lowest BCUT2D eigenvalue weighted by molar-refractivity contribution is 0.341. The van der Waals surface area contributed by atoms with Gasteiger partial charge in [-0.15, -0.1) is 17.0 Å². The van der Waals surface area contributed by atoms with Crippen molar-refractivity contribution in [2.75, 3.05) is 0 Å². The molecule has 0 radical (unpaired) electrons. The molecule has 0 amide bonds. The molecule has 2 unspecified atom stereocenters. The number of rotatable bonds is 1. The molecule has 0 bridgehead atoms. The molecule has 1 aliphatic rings. The van der Waals surface area contributed by atoms with E-state index in [9.17, 15) is 0 Å². The Morgan fingerprint density at radius 2 is 1.86 bits per heavy atom. The Hall–Kier alpha value is -0.340. The van der Waals surface area contributed by atoms with Gasteiger partial charge in [0.05, 0.1) is 0 Å². The van der Waals surface area contributed by atoms with Gasteiger partial charge >= 0.3 is 0 Å². The van der Waals surface area contributed by atoms with Gasteiger partial charge in [-0.1, -0.05) is 36.8 Å². The Morgan fingerprint density at radius 1 is 1.14 bits per heavy atom. The van der Waals surface area contributed by atoms with Crippen LogP contribution < -0.4 is 5.32 Å². The van der Waals surface area contributed by atoms with Gasteiger partial charge in [-0.3, -0.25) is 0 Å². The van der Waals surface area contributed by atoms with Crippen molar-refractivity contribution in [2.24, 2.45) is 0 Å². The van der Waals surface area contributed by atoms with E-state index in [1.54, 1.807) is 0 Å². The number of benzene rings is 1. The number of piperidine rings is 1. The fourth-order valence-corrected chi connectivity index (χ4v) is 2.09. The van der Waals surface area contributed by atoms with Crippen LogP contribution in [0.25, 0.3) is 0 Å². The summed E-state index contributed by atoms with van der Waals surface area (Å²) in [5.74, 6) is 0. The zero-order valence-corrected chi connectivity index (χ0v) is 10.3. The van der Waals surface area contributed by atoms with E-state index in [-0.39, 0.29) is 17.0 Å². The summed E-state index contributed by atoms with van der Waals surface area (Å²) in [6.45, 7) is 2.27. The molecule has 0 spiro atoms. The molecule has 0 aromatic heterocycles. The minimum absolute atomic E-state index is 0. The zero-order chi connectivity index (χ0) is 9.10. The number of nitrogens with one attached hydrogen (secondary N) is 1. The van der Waals surface area contributed by atoms with Crippen molar-refractivity contribution in [1.82, 2.24) is 5.32 Å². The molecule has 1 aromatic carbocycles. The lowest BCUT2D eigenvalue weighted by Gasteiger charge is -2.29. The quantitative estimate of drug-likeness (QED) is 0.811. The third-order valence-corrected chi connectivity index (χ3v) is 2.82. The molecule has 2 rings (SSSR count). The van der Waals surface area contributed by atoms with Gasteiger partial charge in [0.15, 0.2) is 0 Å². The Labute approximate surface area is 96.7 Å². The molecule has 1 nitrogen and oxygen atoms in total. The van der Waals surface area contributed by atoms with Gasteiger partial charge in [0.25, 0.3) is 0 Å². The molecule has 78 valence electrons. The minimum Gasteiger partial charge on any atom is -0.307 e. The van der Waals surface area contributed by atoms with Crippen LogP contribution in [-0.2, 0) is 0 Å². The number of halogens is 1. The molecular formula is C12H18BrN.